The predicted molar refractivity (Wildman–Crippen MR) is 178 cm³/mol. The van der Waals surface area contributed by atoms with Crippen LogP contribution in [0.2, 0.25) is 0 Å². The molecule has 1 aliphatic heterocycles. The van der Waals surface area contributed by atoms with Gasteiger partial charge in [0, 0.05) is 42.5 Å². The first-order chi connectivity index (χ1) is 22.4. The molecule has 1 atom stereocenters. The number of benzene rings is 4. The largest absolute Gasteiger partial charge is 0.371 e. The van der Waals surface area contributed by atoms with Crippen molar-refractivity contribution in [2.45, 2.75) is 45.6 Å². The third-order valence-corrected chi connectivity index (χ3v) is 8.55. The van der Waals surface area contributed by atoms with Crippen LogP contribution in [0.25, 0.3) is 21.8 Å². The SMILES string of the molecule is CCCC(C)CNC(=O)c1ccc2nnn(OC(=O)c3ccc(N4CCC(NC(=O)c5ccc6ccccc6c5)CC4)cc3)c2c1. The van der Waals surface area contributed by atoms with E-state index in [9.17, 15) is 14.4 Å². The third-order valence-electron chi connectivity index (χ3n) is 8.55. The van der Waals surface area contributed by atoms with Crippen molar-refractivity contribution < 1.29 is 19.2 Å². The second-order valence-electron chi connectivity index (χ2n) is 12.0. The second-order valence-corrected chi connectivity index (χ2v) is 12.0. The second kappa shape index (κ2) is 13.8. The Morgan fingerprint density at radius 2 is 1.57 bits per heavy atom. The van der Waals surface area contributed by atoms with E-state index >= 15 is 0 Å². The summed E-state index contributed by atoms with van der Waals surface area (Å²) in [6.45, 7) is 6.39. The Labute approximate surface area is 267 Å². The quantitative estimate of drug-likeness (QED) is 0.201. The van der Waals surface area contributed by atoms with E-state index in [2.05, 4.69) is 39.7 Å². The number of carbonyl (C=O) groups excluding carboxylic acids is 3. The van der Waals surface area contributed by atoms with Crippen molar-refractivity contribution in [1.29, 1.82) is 0 Å². The van der Waals surface area contributed by atoms with Crippen molar-refractivity contribution in [3.8, 4) is 0 Å². The van der Waals surface area contributed by atoms with Crippen LogP contribution in [0, 0.1) is 5.92 Å². The van der Waals surface area contributed by atoms with Crippen LogP contribution in [0.1, 0.15) is 70.6 Å². The number of piperidine rings is 1. The molecule has 236 valence electrons. The van der Waals surface area contributed by atoms with Crippen LogP contribution in [-0.2, 0) is 0 Å². The normalized spacial score (nSPS) is 14.3. The molecule has 2 N–H and O–H groups in total. The molecule has 2 amide bonds. The van der Waals surface area contributed by atoms with Gasteiger partial charge in [0.2, 0.25) is 0 Å². The molecule has 1 unspecified atom stereocenters. The molecule has 0 spiro atoms. The zero-order valence-corrected chi connectivity index (χ0v) is 26.1. The lowest BCUT2D eigenvalue weighted by atomic mass is 10.0. The van der Waals surface area contributed by atoms with E-state index in [-0.39, 0.29) is 17.9 Å². The molecule has 10 heteroatoms. The van der Waals surface area contributed by atoms with E-state index in [1.165, 1.54) is 0 Å². The Kier molecular flexibility index (Phi) is 9.23. The highest BCUT2D eigenvalue weighted by molar-refractivity contribution is 5.99. The maximum absolute atomic E-state index is 13.0. The molecular weight excluding hydrogens is 580 g/mol. The highest BCUT2D eigenvalue weighted by Crippen LogP contribution is 2.22. The molecule has 1 aliphatic rings. The van der Waals surface area contributed by atoms with E-state index in [1.54, 1.807) is 30.3 Å². The average molecular weight is 619 g/mol. The molecule has 0 radical (unpaired) electrons. The summed E-state index contributed by atoms with van der Waals surface area (Å²) in [6, 6.07) is 26.1. The summed E-state index contributed by atoms with van der Waals surface area (Å²) in [6.07, 6.45) is 3.74. The highest BCUT2D eigenvalue weighted by Gasteiger charge is 2.22. The first-order valence-corrected chi connectivity index (χ1v) is 15.9. The van der Waals surface area contributed by atoms with Crippen molar-refractivity contribution in [1.82, 2.24) is 25.8 Å². The van der Waals surface area contributed by atoms with Crippen LogP contribution in [-0.4, -0.2) is 58.6 Å². The minimum atomic E-state index is -0.586. The zero-order valence-electron chi connectivity index (χ0n) is 26.1. The molecule has 10 nitrogen and oxygen atoms in total. The molecule has 0 saturated carbocycles. The van der Waals surface area contributed by atoms with Crippen molar-refractivity contribution in [2.24, 2.45) is 5.92 Å². The van der Waals surface area contributed by atoms with Gasteiger partial charge in [0.05, 0.1) is 5.56 Å². The monoisotopic (exact) mass is 618 g/mol. The number of rotatable bonds is 10. The average Bonchev–Trinajstić information content (AvgIpc) is 3.49. The lowest BCUT2D eigenvalue weighted by Crippen LogP contribution is -2.44. The van der Waals surface area contributed by atoms with Gasteiger partial charge in [-0.15, -0.1) is 5.10 Å². The van der Waals surface area contributed by atoms with Crippen LogP contribution >= 0.6 is 0 Å². The smallest absolute Gasteiger partial charge is 0.365 e. The van der Waals surface area contributed by atoms with E-state index in [4.69, 9.17) is 4.84 Å². The molecular formula is C36H38N6O4. The molecule has 1 aromatic heterocycles. The van der Waals surface area contributed by atoms with Gasteiger partial charge in [0.1, 0.15) is 11.0 Å². The standard InChI is InChI=1S/C36H38N6O4/c1-3-6-24(2)23-37-34(43)29-13-16-32-33(22-29)42(40-39-32)46-36(45)26-11-14-31(15-12-26)41-19-17-30(18-20-41)38-35(44)28-10-9-25-7-4-5-8-27(25)21-28/h4-5,7-16,21-22,24,30H,3,6,17-20,23H2,1-2H3,(H,37,43)(H,38,44). The van der Waals surface area contributed by atoms with Gasteiger partial charge in [0.15, 0.2) is 0 Å². The van der Waals surface area contributed by atoms with Crippen LogP contribution in [0.3, 0.4) is 0 Å². The summed E-state index contributed by atoms with van der Waals surface area (Å²) in [7, 11) is 0. The number of anilines is 1. The van der Waals surface area contributed by atoms with Crippen LogP contribution in [0.15, 0.2) is 84.9 Å². The van der Waals surface area contributed by atoms with E-state index in [0.29, 0.717) is 40.2 Å². The van der Waals surface area contributed by atoms with E-state index in [1.807, 2.05) is 54.6 Å². The molecule has 1 saturated heterocycles. The summed E-state index contributed by atoms with van der Waals surface area (Å²) < 4.78 is 0. The fourth-order valence-electron chi connectivity index (χ4n) is 5.89. The van der Waals surface area contributed by atoms with Gasteiger partial charge in [0.25, 0.3) is 11.8 Å². The van der Waals surface area contributed by atoms with Crippen LogP contribution in [0.4, 0.5) is 5.69 Å². The lowest BCUT2D eigenvalue weighted by molar-refractivity contribution is 0.0408. The van der Waals surface area contributed by atoms with Gasteiger partial charge in [-0.1, -0.05) is 55.4 Å². The van der Waals surface area contributed by atoms with E-state index in [0.717, 1.165) is 60.1 Å². The van der Waals surface area contributed by atoms with Gasteiger partial charge < -0.3 is 20.4 Å². The number of hydrogen-bond acceptors (Lipinski definition) is 7. The van der Waals surface area contributed by atoms with Gasteiger partial charge in [-0.05, 0) is 95.8 Å². The predicted octanol–water partition coefficient (Wildman–Crippen LogP) is 5.42. The summed E-state index contributed by atoms with van der Waals surface area (Å²) in [5.41, 5.74) is 3.40. The van der Waals surface area contributed by atoms with Crippen molar-refractivity contribution >= 4 is 45.3 Å². The molecule has 0 aliphatic carbocycles. The van der Waals surface area contributed by atoms with Crippen molar-refractivity contribution in [2.75, 3.05) is 24.5 Å². The fraction of sp³-hybridized carbons (Fsp3) is 0.306. The Hall–Kier alpha value is -5.25. The van der Waals surface area contributed by atoms with E-state index < -0.39 is 5.97 Å². The minimum Gasteiger partial charge on any atom is -0.371 e. The number of nitrogens with one attached hydrogen (secondary N) is 2. The molecule has 4 aromatic carbocycles. The van der Waals surface area contributed by atoms with Crippen LogP contribution in [0.5, 0.6) is 0 Å². The van der Waals surface area contributed by atoms with Gasteiger partial charge >= 0.3 is 5.97 Å². The Bertz CT molecular complexity index is 1860. The van der Waals surface area contributed by atoms with Crippen molar-refractivity contribution in [3.05, 3.63) is 102 Å². The molecule has 2 heterocycles. The fourth-order valence-corrected chi connectivity index (χ4v) is 5.89. The minimum absolute atomic E-state index is 0.0521. The first kappa shape index (κ1) is 30.8. The first-order valence-electron chi connectivity index (χ1n) is 15.9. The summed E-state index contributed by atoms with van der Waals surface area (Å²) in [4.78, 5) is 47.4. The third kappa shape index (κ3) is 7.01. The number of amides is 2. The molecule has 1 fully saturated rings. The van der Waals surface area contributed by atoms with Gasteiger partial charge in [-0.2, -0.15) is 0 Å². The zero-order chi connectivity index (χ0) is 32.0. The Balaban J connectivity index is 1.02. The summed E-state index contributed by atoms with van der Waals surface area (Å²) in [5, 5.41) is 16.3. The number of aromatic nitrogens is 3. The number of nitrogens with zero attached hydrogens (tertiary/aromatic N) is 4. The van der Waals surface area contributed by atoms with Gasteiger partial charge in [-0.3, -0.25) is 9.59 Å². The molecule has 0 bridgehead atoms. The molecule has 46 heavy (non-hydrogen) atoms. The van der Waals surface area contributed by atoms with Crippen LogP contribution < -0.4 is 20.4 Å². The highest BCUT2D eigenvalue weighted by atomic mass is 16.7. The summed E-state index contributed by atoms with van der Waals surface area (Å²) >= 11 is 0. The summed E-state index contributed by atoms with van der Waals surface area (Å²) in [5.74, 6) is -0.449. The van der Waals surface area contributed by atoms with Crippen molar-refractivity contribution in [3.63, 3.8) is 0 Å². The number of carbonyl (C=O) groups is 3. The topological polar surface area (TPSA) is 118 Å². The number of hydrogen-bond donors (Lipinski definition) is 2. The lowest BCUT2D eigenvalue weighted by Gasteiger charge is -2.34. The Morgan fingerprint density at radius 3 is 2.33 bits per heavy atom. The van der Waals surface area contributed by atoms with Gasteiger partial charge in [-0.25, -0.2) is 4.79 Å². The maximum atomic E-state index is 13.0. The Morgan fingerprint density at radius 1 is 0.870 bits per heavy atom. The number of fused-ring (bicyclic) bond motifs is 2. The molecule has 6 rings (SSSR count). The molecule has 5 aromatic rings. The maximum Gasteiger partial charge on any atom is 0.365 e.